The molecular formula is C6H7NO2. The van der Waals surface area contributed by atoms with Gasteiger partial charge in [0.15, 0.2) is 5.41 Å². The first kappa shape index (κ1) is 6.09. The topological polar surface area (TPSA) is 61.1 Å². The van der Waals surface area contributed by atoms with Gasteiger partial charge in [-0.25, -0.2) is 0 Å². The molecule has 0 aromatic carbocycles. The molecule has 0 radical (unpaired) electrons. The minimum absolute atomic E-state index is 0.0417. The number of nitrogens with zero attached hydrogens (tertiary/aromatic N) is 1. The molecule has 0 amide bonds. The van der Waals surface area contributed by atoms with Crippen LogP contribution in [0.3, 0.4) is 0 Å². The van der Waals surface area contributed by atoms with E-state index in [1.165, 1.54) is 0 Å². The van der Waals surface area contributed by atoms with E-state index in [1.807, 2.05) is 0 Å². The summed E-state index contributed by atoms with van der Waals surface area (Å²) in [5.74, 6) is -0.933. The molecule has 1 N–H and O–H groups in total. The van der Waals surface area contributed by atoms with Gasteiger partial charge in [-0.2, -0.15) is 5.26 Å². The average Bonchev–Trinajstić information content (AvgIpc) is 2.43. The summed E-state index contributed by atoms with van der Waals surface area (Å²) < 4.78 is 0. The van der Waals surface area contributed by atoms with Gasteiger partial charge in [0, 0.05) is 0 Å². The van der Waals surface area contributed by atoms with Crippen molar-refractivity contribution < 1.29 is 9.90 Å². The third kappa shape index (κ3) is 0.595. The van der Waals surface area contributed by atoms with Crippen molar-refractivity contribution in [2.75, 3.05) is 0 Å². The lowest BCUT2D eigenvalue weighted by Gasteiger charge is -1.94. The molecule has 2 atom stereocenters. The number of nitriles is 1. The Labute approximate surface area is 52.9 Å². The van der Waals surface area contributed by atoms with E-state index in [0.717, 1.165) is 0 Å². The zero-order valence-corrected chi connectivity index (χ0v) is 5.09. The van der Waals surface area contributed by atoms with Gasteiger partial charge in [0.1, 0.15) is 0 Å². The molecule has 1 saturated carbocycles. The van der Waals surface area contributed by atoms with Gasteiger partial charge in [0.2, 0.25) is 0 Å². The Morgan fingerprint density at radius 1 is 2.00 bits per heavy atom. The average molecular weight is 125 g/mol. The molecule has 3 heteroatoms. The number of rotatable bonds is 1. The summed E-state index contributed by atoms with van der Waals surface area (Å²) in [5.41, 5.74) is -1.03. The van der Waals surface area contributed by atoms with Crippen LogP contribution in [0.1, 0.15) is 13.3 Å². The normalized spacial score (nSPS) is 39.3. The van der Waals surface area contributed by atoms with E-state index in [9.17, 15) is 4.79 Å². The lowest BCUT2D eigenvalue weighted by molar-refractivity contribution is -0.141. The van der Waals surface area contributed by atoms with Crippen molar-refractivity contribution in [3.05, 3.63) is 0 Å². The zero-order valence-electron chi connectivity index (χ0n) is 5.09. The van der Waals surface area contributed by atoms with Crippen molar-refractivity contribution >= 4 is 5.97 Å². The molecule has 1 aliphatic carbocycles. The first-order valence-electron chi connectivity index (χ1n) is 2.78. The van der Waals surface area contributed by atoms with Crippen LogP contribution < -0.4 is 0 Å². The van der Waals surface area contributed by atoms with E-state index < -0.39 is 11.4 Å². The minimum atomic E-state index is -1.03. The molecule has 1 fully saturated rings. The van der Waals surface area contributed by atoms with E-state index in [1.54, 1.807) is 13.0 Å². The Kier molecular flexibility index (Phi) is 0.995. The van der Waals surface area contributed by atoms with E-state index in [0.29, 0.717) is 6.42 Å². The maximum Gasteiger partial charge on any atom is 0.324 e. The van der Waals surface area contributed by atoms with Crippen LogP contribution in [0.25, 0.3) is 0 Å². The molecule has 0 heterocycles. The molecule has 0 bridgehead atoms. The third-order valence-electron chi connectivity index (χ3n) is 1.89. The van der Waals surface area contributed by atoms with Gasteiger partial charge < -0.3 is 5.11 Å². The second kappa shape index (κ2) is 1.47. The number of carbonyl (C=O) groups is 1. The van der Waals surface area contributed by atoms with E-state index in [2.05, 4.69) is 0 Å². The Morgan fingerprint density at radius 3 is 2.44 bits per heavy atom. The molecule has 3 nitrogen and oxygen atoms in total. The van der Waals surface area contributed by atoms with Crippen molar-refractivity contribution in [3.8, 4) is 6.07 Å². The summed E-state index contributed by atoms with van der Waals surface area (Å²) in [4.78, 5) is 10.3. The van der Waals surface area contributed by atoms with Crippen molar-refractivity contribution in [3.63, 3.8) is 0 Å². The largest absolute Gasteiger partial charge is 0.480 e. The minimum Gasteiger partial charge on any atom is -0.480 e. The molecule has 9 heavy (non-hydrogen) atoms. The molecule has 1 rings (SSSR count). The number of hydrogen-bond donors (Lipinski definition) is 1. The van der Waals surface area contributed by atoms with E-state index in [4.69, 9.17) is 10.4 Å². The molecule has 0 aromatic heterocycles. The van der Waals surface area contributed by atoms with Gasteiger partial charge in [-0.15, -0.1) is 0 Å². The molecule has 48 valence electrons. The Bertz CT molecular complexity index is 194. The Morgan fingerprint density at radius 2 is 2.44 bits per heavy atom. The van der Waals surface area contributed by atoms with Crippen LogP contribution in [-0.2, 0) is 4.79 Å². The molecule has 0 spiro atoms. The number of carboxylic acid groups (broad SMARTS) is 1. The molecular weight excluding hydrogens is 118 g/mol. The van der Waals surface area contributed by atoms with Crippen LogP contribution in [0.2, 0.25) is 0 Å². The van der Waals surface area contributed by atoms with Crippen LogP contribution in [0, 0.1) is 22.7 Å². The summed E-state index contributed by atoms with van der Waals surface area (Å²) in [7, 11) is 0. The quantitative estimate of drug-likeness (QED) is 0.558. The van der Waals surface area contributed by atoms with E-state index in [-0.39, 0.29) is 5.92 Å². The lowest BCUT2D eigenvalue weighted by atomic mass is 10.1. The predicted octanol–water partition coefficient (Wildman–Crippen LogP) is 0.621. The molecule has 0 saturated heterocycles. The van der Waals surface area contributed by atoms with Gasteiger partial charge in [-0.1, -0.05) is 6.92 Å². The highest BCUT2D eigenvalue weighted by Crippen LogP contribution is 2.51. The first-order chi connectivity index (χ1) is 4.13. The highest BCUT2D eigenvalue weighted by atomic mass is 16.4. The van der Waals surface area contributed by atoms with Crippen LogP contribution in [0.15, 0.2) is 0 Å². The fourth-order valence-electron chi connectivity index (χ4n) is 0.926. The van der Waals surface area contributed by atoms with Crippen molar-refractivity contribution in [2.45, 2.75) is 13.3 Å². The summed E-state index contributed by atoms with van der Waals surface area (Å²) in [6.07, 6.45) is 0.513. The maximum atomic E-state index is 10.3. The summed E-state index contributed by atoms with van der Waals surface area (Å²) >= 11 is 0. The fourth-order valence-corrected chi connectivity index (χ4v) is 0.926. The second-order valence-electron chi connectivity index (χ2n) is 2.49. The maximum absolute atomic E-state index is 10.3. The first-order valence-corrected chi connectivity index (χ1v) is 2.78. The Hall–Kier alpha value is -1.04. The van der Waals surface area contributed by atoms with Crippen molar-refractivity contribution in [2.24, 2.45) is 11.3 Å². The highest BCUT2D eigenvalue weighted by Gasteiger charge is 2.58. The monoisotopic (exact) mass is 125 g/mol. The highest BCUT2D eigenvalue weighted by molar-refractivity contribution is 5.82. The number of carboxylic acids is 1. The van der Waals surface area contributed by atoms with Gasteiger partial charge in [-0.3, -0.25) is 4.79 Å². The SMILES string of the molecule is C[C@H]1C[C@@]1(C#N)C(=O)O. The standard InChI is InChI=1S/C6H7NO2/c1-4-2-6(4,3-7)5(8)9/h4H,2H2,1H3,(H,8,9)/t4-,6-/m0/s1. The van der Waals surface area contributed by atoms with Crippen LogP contribution in [-0.4, -0.2) is 11.1 Å². The predicted molar refractivity (Wildman–Crippen MR) is 29.5 cm³/mol. The number of hydrogen-bond acceptors (Lipinski definition) is 2. The molecule has 0 aliphatic heterocycles. The van der Waals surface area contributed by atoms with Gasteiger partial charge in [0.25, 0.3) is 0 Å². The van der Waals surface area contributed by atoms with Crippen molar-refractivity contribution in [1.29, 1.82) is 5.26 Å². The number of aliphatic carboxylic acids is 1. The van der Waals surface area contributed by atoms with Gasteiger partial charge >= 0.3 is 5.97 Å². The second-order valence-corrected chi connectivity index (χ2v) is 2.49. The fraction of sp³-hybridized carbons (Fsp3) is 0.667. The summed E-state index contributed by atoms with van der Waals surface area (Å²) in [6.45, 7) is 1.78. The molecule has 0 aromatic rings. The molecule has 1 aliphatic rings. The molecule has 0 unspecified atom stereocenters. The van der Waals surface area contributed by atoms with Crippen molar-refractivity contribution in [1.82, 2.24) is 0 Å². The third-order valence-corrected chi connectivity index (χ3v) is 1.89. The van der Waals surface area contributed by atoms with Crippen LogP contribution in [0.5, 0.6) is 0 Å². The van der Waals surface area contributed by atoms with Gasteiger partial charge in [0.05, 0.1) is 6.07 Å². The Balaban J connectivity index is 2.77. The van der Waals surface area contributed by atoms with E-state index >= 15 is 0 Å². The summed E-state index contributed by atoms with van der Waals surface area (Å²) in [6, 6.07) is 1.80. The zero-order chi connectivity index (χ0) is 7.07. The van der Waals surface area contributed by atoms with Crippen LogP contribution in [0.4, 0.5) is 0 Å². The smallest absolute Gasteiger partial charge is 0.324 e. The lowest BCUT2D eigenvalue weighted by Crippen LogP contribution is -2.13. The summed E-state index contributed by atoms with van der Waals surface area (Å²) in [5, 5.41) is 16.8. The van der Waals surface area contributed by atoms with Crippen LogP contribution >= 0.6 is 0 Å². The van der Waals surface area contributed by atoms with Gasteiger partial charge in [-0.05, 0) is 12.3 Å².